The van der Waals surface area contributed by atoms with Crippen molar-refractivity contribution in [1.82, 2.24) is 20.0 Å². The first-order valence-electron chi connectivity index (χ1n) is 6.86. The van der Waals surface area contributed by atoms with E-state index in [1.54, 1.807) is 0 Å². The Labute approximate surface area is 116 Å². The first kappa shape index (κ1) is 12.8. The van der Waals surface area contributed by atoms with E-state index in [9.17, 15) is 4.79 Å². The van der Waals surface area contributed by atoms with Gasteiger partial charge in [0, 0.05) is 32.2 Å². The fourth-order valence-corrected chi connectivity index (χ4v) is 3.59. The molecule has 2 fully saturated rings. The minimum atomic E-state index is -0.0275. The summed E-state index contributed by atoms with van der Waals surface area (Å²) < 4.78 is 0. The Morgan fingerprint density at radius 2 is 1.84 bits per heavy atom. The summed E-state index contributed by atoms with van der Waals surface area (Å²) in [5.41, 5.74) is 5.52. The van der Waals surface area contributed by atoms with Gasteiger partial charge in [-0.15, -0.1) is 10.2 Å². The number of hydrogen-bond acceptors (Lipinski definition) is 6. The second-order valence-electron chi connectivity index (χ2n) is 5.21. The van der Waals surface area contributed by atoms with Gasteiger partial charge in [-0.05, 0) is 12.8 Å². The first-order chi connectivity index (χ1) is 9.24. The van der Waals surface area contributed by atoms with Crippen LogP contribution in [0.5, 0.6) is 0 Å². The molecule has 104 valence electrons. The van der Waals surface area contributed by atoms with Gasteiger partial charge < -0.3 is 10.6 Å². The summed E-state index contributed by atoms with van der Waals surface area (Å²) >= 11 is 1.17. The van der Waals surface area contributed by atoms with Crippen molar-refractivity contribution in [2.24, 2.45) is 0 Å². The van der Waals surface area contributed by atoms with E-state index in [2.05, 4.69) is 15.1 Å². The van der Waals surface area contributed by atoms with Gasteiger partial charge in [0.1, 0.15) is 0 Å². The molecule has 0 unspecified atom stereocenters. The van der Waals surface area contributed by atoms with E-state index in [1.807, 2.05) is 4.90 Å². The van der Waals surface area contributed by atoms with E-state index in [4.69, 9.17) is 5.73 Å². The molecule has 1 saturated heterocycles. The van der Waals surface area contributed by atoms with Crippen LogP contribution in [-0.4, -0.2) is 58.1 Å². The number of carbonyl (C=O) groups excluding carboxylic acids is 1. The summed E-state index contributed by atoms with van der Waals surface area (Å²) in [6.07, 6.45) is 5.35. The van der Waals surface area contributed by atoms with Crippen LogP contribution in [0.3, 0.4) is 0 Å². The highest BCUT2D eigenvalue weighted by Crippen LogP contribution is 2.24. The zero-order valence-electron chi connectivity index (χ0n) is 10.9. The number of nitrogens with zero attached hydrogens (tertiary/aromatic N) is 4. The molecule has 1 aliphatic heterocycles. The molecule has 2 aliphatic rings. The minimum absolute atomic E-state index is 0.0275. The Morgan fingerprint density at radius 1 is 1.16 bits per heavy atom. The Balaban J connectivity index is 1.56. The van der Waals surface area contributed by atoms with Gasteiger partial charge in [-0.3, -0.25) is 9.69 Å². The maximum atomic E-state index is 12.2. The van der Waals surface area contributed by atoms with Gasteiger partial charge in [-0.1, -0.05) is 24.2 Å². The minimum Gasteiger partial charge on any atom is -0.374 e. The smallest absolute Gasteiger partial charge is 0.284 e. The predicted octanol–water partition coefficient (Wildman–Crippen LogP) is 0.821. The number of carbonyl (C=O) groups is 1. The molecule has 6 nitrogen and oxygen atoms in total. The molecule has 19 heavy (non-hydrogen) atoms. The SMILES string of the molecule is Nc1nnc(C(=O)N2CCN(C3CCCC3)CC2)s1. The number of hydrogen-bond donors (Lipinski definition) is 1. The molecule has 0 spiro atoms. The molecule has 0 aromatic carbocycles. The molecule has 1 saturated carbocycles. The highest BCUT2D eigenvalue weighted by molar-refractivity contribution is 7.16. The third-order valence-corrected chi connectivity index (χ3v) is 4.81. The summed E-state index contributed by atoms with van der Waals surface area (Å²) in [5.74, 6) is -0.0275. The highest BCUT2D eigenvalue weighted by Gasteiger charge is 2.29. The van der Waals surface area contributed by atoms with E-state index >= 15 is 0 Å². The van der Waals surface area contributed by atoms with E-state index in [1.165, 1.54) is 37.0 Å². The fraction of sp³-hybridized carbons (Fsp3) is 0.750. The van der Waals surface area contributed by atoms with Crippen LogP contribution in [0.1, 0.15) is 35.5 Å². The molecule has 1 amide bonds. The van der Waals surface area contributed by atoms with Crippen LogP contribution in [0.25, 0.3) is 0 Å². The average molecular weight is 281 g/mol. The Hall–Kier alpha value is -1.21. The van der Waals surface area contributed by atoms with Crippen LogP contribution in [0.15, 0.2) is 0 Å². The Bertz CT molecular complexity index is 449. The second kappa shape index (κ2) is 5.42. The summed E-state index contributed by atoms with van der Waals surface area (Å²) in [4.78, 5) is 16.6. The molecule has 1 aromatic rings. The van der Waals surface area contributed by atoms with Crippen LogP contribution < -0.4 is 5.73 Å². The molecule has 0 bridgehead atoms. The molecule has 0 radical (unpaired) electrons. The Kier molecular flexibility index (Phi) is 3.65. The van der Waals surface area contributed by atoms with E-state index in [0.29, 0.717) is 10.1 Å². The number of aromatic nitrogens is 2. The van der Waals surface area contributed by atoms with Gasteiger partial charge in [0.15, 0.2) is 0 Å². The third kappa shape index (κ3) is 2.71. The molecule has 0 atom stereocenters. The quantitative estimate of drug-likeness (QED) is 0.868. The highest BCUT2D eigenvalue weighted by atomic mass is 32.1. The molecule has 1 aromatic heterocycles. The monoisotopic (exact) mass is 281 g/mol. The number of rotatable bonds is 2. The van der Waals surface area contributed by atoms with Gasteiger partial charge in [0.2, 0.25) is 10.1 Å². The van der Waals surface area contributed by atoms with E-state index < -0.39 is 0 Å². The summed E-state index contributed by atoms with van der Waals surface area (Å²) in [6.45, 7) is 3.53. The van der Waals surface area contributed by atoms with Crippen molar-refractivity contribution in [2.45, 2.75) is 31.7 Å². The maximum Gasteiger partial charge on any atom is 0.284 e. The molecule has 2 heterocycles. The van der Waals surface area contributed by atoms with Crippen molar-refractivity contribution in [3.8, 4) is 0 Å². The molecular formula is C12H19N5OS. The number of anilines is 1. The zero-order valence-corrected chi connectivity index (χ0v) is 11.7. The lowest BCUT2D eigenvalue weighted by Gasteiger charge is -2.37. The third-order valence-electron chi connectivity index (χ3n) is 4.07. The van der Waals surface area contributed by atoms with Crippen LogP contribution in [0.2, 0.25) is 0 Å². The molecule has 3 rings (SSSR count). The average Bonchev–Trinajstić information content (AvgIpc) is 3.09. The first-order valence-corrected chi connectivity index (χ1v) is 7.68. The number of nitrogen functional groups attached to an aromatic ring is 1. The van der Waals surface area contributed by atoms with Crippen molar-refractivity contribution in [1.29, 1.82) is 0 Å². The van der Waals surface area contributed by atoms with Crippen molar-refractivity contribution >= 4 is 22.4 Å². The lowest BCUT2D eigenvalue weighted by molar-refractivity contribution is 0.0572. The van der Waals surface area contributed by atoms with Crippen molar-refractivity contribution in [2.75, 3.05) is 31.9 Å². The topological polar surface area (TPSA) is 75.3 Å². The van der Waals surface area contributed by atoms with Gasteiger partial charge in [-0.2, -0.15) is 0 Å². The van der Waals surface area contributed by atoms with Crippen molar-refractivity contribution in [3.63, 3.8) is 0 Å². The number of piperazine rings is 1. The Morgan fingerprint density at radius 3 is 2.42 bits per heavy atom. The summed E-state index contributed by atoms with van der Waals surface area (Å²) in [7, 11) is 0. The summed E-state index contributed by atoms with van der Waals surface area (Å²) in [6, 6.07) is 0.745. The fourth-order valence-electron chi connectivity index (χ4n) is 3.02. The normalized spacial score (nSPS) is 22.0. The van der Waals surface area contributed by atoms with Gasteiger partial charge >= 0.3 is 0 Å². The molecule has 7 heteroatoms. The van der Waals surface area contributed by atoms with Crippen LogP contribution in [0, 0.1) is 0 Å². The molecular weight excluding hydrogens is 262 g/mol. The van der Waals surface area contributed by atoms with Crippen LogP contribution >= 0.6 is 11.3 Å². The van der Waals surface area contributed by atoms with Crippen LogP contribution in [-0.2, 0) is 0 Å². The molecule has 2 N–H and O–H groups in total. The lowest BCUT2D eigenvalue weighted by Crippen LogP contribution is -2.51. The summed E-state index contributed by atoms with van der Waals surface area (Å²) in [5, 5.41) is 8.29. The lowest BCUT2D eigenvalue weighted by atomic mass is 10.2. The van der Waals surface area contributed by atoms with Crippen LogP contribution in [0.4, 0.5) is 5.13 Å². The largest absolute Gasteiger partial charge is 0.374 e. The van der Waals surface area contributed by atoms with Gasteiger partial charge in [0.25, 0.3) is 5.91 Å². The predicted molar refractivity (Wildman–Crippen MR) is 74.1 cm³/mol. The standard InChI is InChI=1S/C12H19N5OS/c13-12-15-14-10(19-12)11(18)17-7-5-16(6-8-17)9-3-1-2-4-9/h9H,1-8H2,(H2,13,15). The second-order valence-corrected chi connectivity index (χ2v) is 6.22. The van der Waals surface area contributed by atoms with E-state index in [-0.39, 0.29) is 5.91 Å². The van der Waals surface area contributed by atoms with Gasteiger partial charge in [-0.25, -0.2) is 0 Å². The van der Waals surface area contributed by atoms with Crippen molar-refractivity contribution in [3.05, 3.63) is 5.01 Å². The van der Waals surface area contributed by atoms with E-state index in [0.717, 1.165) is 32.2 Å². The maximum absolute atomic E-state index is 12.2. The molecule has 1 aliphatic carbocycles. The van der Waals surface area contributed by atoms with Gasteiger partial charge in [0.05, 0.1) is 0 Å². The number of nitrogens with two attached hydrogens (primary N) is 1. The zero-order chi connectivity index (χ0) is 13.2. The van der Waals surface area contributed by atoms with Crippen molar-refractivity contribution < 1.29 is 4.79 Å². The number of amides is 1.